The van der Waals surface area contributed by atoms with Crippen LogP contribution in [0.2, 0.25) is 0 Å². The van der Waals surface area contributed by atoms with E-state index in [4.69, 9.17) is 4.42 Å². The number of furan rings is 1. The van der Waals surface area contributed by atoms with Crippen LogP contribution in [0.4, 0.5) is 0 Å². The highest BCUT2D eigenvalue weighted by Crippen LogP contribution is 2.31. The fourth-order valence-electron chi connectivity index (χ4n) is 4.00. The molecule has 2 amide bonds. The van der Waals surface area contributed by atoms with Crippen LogP contribution in [0.3, 0.4) is 0 Å². The van der Waals surface area contributed by atoms with Crippen molar-refractivity contribution in [2.75, 3.05) is 0 Å². The average molecular weight is 417 g/mol. The predicted molar refractivity (Wildman–Crippen MR) is 120 cm³/mol. The molecule has 2 aromatic carbocycles. The van der Waals surface area contributed by atoms with Crippen LogP contribution in [-0.2, 0) is 17.8 Å². The molecular formula is C26H28N2O3. The number of benzene rings is 2. The number of hydrogen-bond donors (Lipinski definition) is 1. The molecule has 5 rings (SSSR count). The Kier molecular flexibility index (Phi) is 5.05. The van der Waals surface area contributed by atoms with Crippen LogP contribution in [0.25, 0.3) is 11.0 Å². The third-order valence-corrected chi connectivity index (χ3v) is 6.40. The fourth-order valence-corrected chi connectivity index (χ4v) is 4.00. The minimum Gasteiger partial charge on any atom is -0.464 e. The van der Waals surface area contributed by atoms with Gasteiger partial charge in [-0.05, 0) is 80.5 Å². The zero-order valence-corrected chi connectivity index (χ0v) is 18.1. The summed E-state index contributed by atoms with van der Waals surface area (Å²) in [7, 11) is 0. The molecule has 0 radical (unpaired) electrons. The Morgan fingerprint density at radius 2 is 1.74 bits per heavy atom. The summed E-state index contributed by atoms with van der Waals surface area (Å²) in [6.45, 7) is 4.72. The van der Waals surface area contributed by atoms with E-state index in [1.165, 1.54) is 11.1 Å². The van der Waals surface area contributed by atoms with Crippen molar-refractivity contribution in [3.8, 4) is 0 Å². The monoisotopic (exact) mass is 416 g/mol. The van der Waals surface area contributed by atoms with Gasteiger partial charge in [0.2, 0.25) is 5.91 Å². The molecule has 0 spiro atoms. The molecule has 1 heterocycles. The molecule has 0 saturated heterocycles. The first kappa shape index (κ1) is 19.9. The maximum absolute atomic E-state index is 13.2. The van der Waals surface area contributed by atoms with Crippen molar-refractivity contribution >= 4 is 22.8 Å². The molecule has 1 aromatic heterocycles. The van der Waals surface area contributed by atoms with E-state index in [-0.39, 0.29) is 11.8 Å². The van der Waals surface area contributed by atoms with E-state index in [9.17, 15) is 9.59 Å². The van der Waals surface area contributed by atoms with Crippen molar-refractivity contribution in [2.24, 2.45) is 0 Å². The number of nitrogens with one attached hydrogen (secondary N) is 1. The quantitative estimate of drug-likeness (QED) is 0.609. The molecule has 0 aliphatic heterocycles. The summed E-state index contributed by atoms with van der Waals surface area (Å²) in [5.74, 6) is 0.112. The summed E-state index contributed by atoms with van der Waals surface area (Å²) < 4.78 is 5.72. The number of fused-ring (bicyclic) bond motifs is 1. The van der Waals surface area contributed by atoms with Crippen molar-refractivity contribution in [2.45, 2.75) is 64.6 Å². The number of carbonyl (C=O) groups is 2. The van der Waals surface area contributed by atoms with E-state index in [2.05, 4.69) is 25.2 Å². The van der Waals surface area contributed by atoms with Crippen LogP contribution in [-0.4, -0.2) is 28.8 Å². The van der Waals surface area contributed by atoms with Gasteiger partial charge >= 0.3 is 0 Å². The highest BCUT2D eigenvalue weighted by Gasteiger charge is 2.33. The molecule has 2 fully saturated rings. The second kappa shape index (κ2) is 7.88. The highest BCUT2D eigenvalue weighted by atomic mass is 16.3. The van der Waals surface area contributed by atoms with Crippen molar-refractivity contribution in [3.05, 3.63) is 70.5 Å². The lowest BCUT2D eigenvalue weighted by molar-refractivity contribution is -0.131. The van der Waals surface area contributed by atoms with E-state index in [1.54, 1.807) is 6.26 Å². The number of aryl methyl sites for hydroxylation is 2. The Morgan fingerprint density at radius 3 is 2.42 bits per heavy atom. The molecule has 2 aliphatic carbocycles. The van der Waals surface area contributed by atoms with Gasteiger partial charge in [0.15, 0.2) is 0 Å². The maximum Gasteiger partial charge on any atom is 0.251 e. The third-order valence-electron chi connectivity index (χ3n) is 6.40. The van der Waals surface area contributed by atoms with Crippen molar-refractivity contribution in [3.63, 3.8) is 0 Å². The molecule has 2 aliphatic rings. The van der Waals surface area contributed by atoms with E-state index < -0.39 is 0 Å². The second-order valence-electron chi connectivity index (χ2n) is 9.07. The number of carbonyl (C=O) groups excluding carboxylic acids is 2. The summed E-state index contributed by atoms with van der Waals surface area (Å²) in [4.78, 5) is 27.4. The lowest BCUT2D eigenvalue weighted by Gasteiger charge is -2.22. The molecule has 160 valence electrons. The van der Waals surface area contributed by atoms with Gasteiger partial charge in [-0.2, -0.15) is 0 Å². The molecule has 0 atom stereocenters. The molecule has 5 nitrogen and oxygen atoms in total. The first-order chi connectivity index (χ1) is 15.0. The van der Waals surface area contributed by atoms with Gasteiger partial charge in [0.25, 0.3) is 5.91 Å². The van der Waals surface area contributed by atoms with Crippen molar-refractivity contribution in [1.29, 1.82) is 0 Å². The van der Waals surface area contributed by atoms with Crippen molar-refractivity contribution in [1.82, 2.24) is 10.2 Å². The zero-order chi connectivity index (χ0) is 21.5. The molecule has 1 N–H and O–H groups in total. The molecule has 0 unspecified atom stereocenters. The predicted octanol–water partition coefficient (Wildman–Crippen LogP) is 4.68. The lowest BCUT2D eigenvalue weighted by atomic mass is 10.0. The lowest BCUT2D eigenvalue weighted by Crippen LogP contribution is -2.33. The normalized spacial score (nSPS) is 15.8. The molecule has 5 heteroatoms. The van der Waals surface area contributed by atoms with Crippen LogP contribution in [0.1, 0.15) is 58.3 Å². The van der Waals surface area contributed by atoms with E-state index in [0.29, 0.717) is 30.6 Å². The molecular weight excluding hydrogens is 388 g/mol. The standard InChI is InChI=1S/C26H28N2O3/c1-16-11-23-20(15-31-24(23)12-17(16)2)13-25(29)28(22-9-10-22)14-18-3-5-19(6-4-18)26(30)27-21-7-8-21/h3-6,11-12,15,21-22H,7-10,13-14H2,1-2H3,(H,27,30). The van der Waals surface area contributed by atoms with Gasteiger partial charge in [-0.3, -0.25) is 9.59 Å². The summed E-state index contributed by atoms with van der Waals surface area (Å²) in [5, 5.41) is 4.04. The average Bonchev–Trinajstić information content (AvgIpc) is 3.68. The third kappa shape index (κ3) is 4.36. The van der Waals surface area contributed by atoms with Crippen LogP contribution in [0.5, 0.6) is 0 Å². The van der Waals surface area contributed by atoms with Gasteiger partial charge in [0.1, 0.15) is 5.58 Å². The van der Waals surface area contributed by atoms with Crippen LogP contribution in [0, 0.1) is 13.8 Å². The van der Waals surface area contributed by atoms with Crippen molar-refractivity contribution < 1.29 is 14.0 Å². The minimum absolute atomic E-state index is 0.0125. The van der Waals surface area contributed by atoms with E-state index in [1.807, 2.05) is 35.2 Å². The summed E-state index contributed by atoms with van der Waals surface area (Å²) in [5.41, 5.74) is 5.90. The first-order valence-electron chi connectivity index (χ1n) is 11.1. The first-order valence-corrected chi connectivity index (χ1v) is 11.1. The molecule has 0 bridgehead atoms. The second-order valence-corrected chi connectivity index (χ2v) is 9.07. The Labute approximate surface area is 182 Å². The molecule has 31 heavy (non-hydrogen) atoms. The topological polar surface area (TPSA) is 62.6 Å². The summed E-state index contributed by atoms with van der Waals surface area (Å²) in [6.07, 6.45) is 6.32. The van der Waals surface area contributed by atoms with Crippen LogP contribution < -0.4 is 5.32 Å². The van der Waals surface area contributed by atoms with Gasteiger partial charge in [0.05, 0.1) is 12.7 Å². The zero-order valence-electron chi connectivity index (χ0n) is 18.1. The van der Waals surface area contributed by atoms with Gasteiger partial charge in [-0.25, -0.2) is 0 Å². The maximum atomic E-state index is 13.2. The van der Waals surface area contributed by atoms with E-state index in [0.717, 1.165) is 47.8 Å². The number of nitrogens with zero attached hydrogens (tertiary/aromatic N) is 1. The number of amides is 2. The Bertz CT molecular complexity index is 1140. The Balaban J connectivity index is 1.29. The summed E-state index contributed by atoms with van der Waals surface area (Å²) >= 11 is 0. The fraction of sp³-hybridized carbons (Fsp3) is 0.385. The number of rotatable bonds is 7. The van der Waals surface area contributed by atoms with Crippen LogP contribution >= 0.6 is 0 Å². The molecule has 3 aromatic rings. The minimum atomic E-state index is -0.0125. The van der Waals surface area contributed by atoms with Gasteiger partial charge in [-0.15, -0.1) is 0 Å². The largest absolute Gasteiger partial charge is 0.464 e. The SMILES string of the molecule is Cc1cc2occ(CC(=O)N(Cc3ccc(C(=O)NC4CC4)cc3)C3CC3)c2cc1C. The number of hydrogen-bond acceptors (Lipinski definition) is 3. The highest BCUT2D eigenvalue weighted by molar-refractivity contribution is 5.94. The van der Waals surface area contributed by atoms with E-state index >= 15 is 0 Å². The summed E-state index contributed by atoms with van der Waals surface area (Å²) in [6, 6.07) is 12.5. The Morgan fingerprint density at radius 1 is 1.03 bits per heavy atom. The van der Waals surface area contributed by atoms with Crippen LogP contribution in [0.15, 0.2) is 47.1 Å². The van der Waals surface area contributed by atoms with Gasteiger partial charge < -0.3 is 14.6 Å². The molecule has 2 saturated carbocycles. The smallest absolute Gasteiger partial charge is 0.251 e. The van der Waals surface area contributed by atoms with Gasteiger partial charge in [-0.1, -0.05) is 12.1 Å². The Hall–Kier alpha value is -3.08. The van der Waals surface area contributed by atoms with Gasteiger partial charge in [0, 0.05) is 35.1 Å².